The van der Waals surface area contributed by atoms with E-state index in [2.05, 4.69) is 17.0 Å². The Morgan fingerprint density at radius 1 is 1.38 bits per heavy atom. The lowest BCUT2D eigenvalue weighted by Gasteiger charge is -2.24. The number of carbonyl (C=O) groups is 1. The number of rotatable bonds is 9. The third-order valence-corrected chi connectivity index (χ3v) is 4.98. The van der Waals surface area contributed by atoms with Crippen LogP contribution in [0.15, 0.2) is 29.6 Å². The highest BCUT2D eigenvalue weighted by molar-refractivity contribution is 6.37. The first kappa shape index (κ1) is 23.0. The number of anilines is 1. The Hall–Kier alpha value is -2.29. The van der Waals surface area contributed by atoms with Crippen molar-refractivity contribution in [1.82, 2.24) is 19.4 Å². The average molecular weight is 442 g/mol. The number of halogens is 2. The molecule has 1 N–H and O–H groups in total. The van der Waals surface area contributed by atoms with Crippen LogP contribution in [-0.4, -0.2) is 45.0 Å². The Labute approximate surface area is 179 Å². The highest BCUT2D eigenvalue weighted by Gasteiger charge is 2.23. The molecule has 10 heteroatoms. The first-order chi connectivity index (χ1) is 13.7. The van der Waals surface area contributed by atoms with Crippen molar-refractivity contribution >= 4 is 34.8 Å². The summed E-state index contributed by atoms with van der Waals surface area (Å²) in [6.45, 7) is 9.73. The fraction of sp³-hybridized carbons (Fsp3) is 0.421. The maximum absolute atomic E-state index is 12.6. The monoisotopic (exact) mass is 441 g/mol. The van der Waals surface area contributed by atoms with E-state index in [1.54, 1.807) is 19.1 Å². The predicted molar refractivity (Wildman–Crippen MR) is 115 cm³/mol. The van der Waals surface area contributed by atoms with Crippen LogP contribution in [0.2, 0.25) is 10.0 Å². The Bertz CT molecular complexity index is 954. The highest BCUT2D eigenvalue weighted by atomic mass is 35.5. The molecule has 1 heterocycles. The summed E-state index contributed by atoms with van der Waals surface area (Å²) in [6, 6.07) is 2.53. The smallest absolute Gasteiger partial charge is 0.350 e. The summed E-state index contributed by atoms with van der Waals surface area (Å²) in [5.74, 6) is 0.297. The Balaban J connectivity index is 2.39. The maximum Gasteiger partial charge on any atom is 0.350 e. The summed E-state index contributed by atoms with van der Waals surface area (Å²) in [5, 5.41) is 9.14. The molecule has 1 unspecified atom stereocenters. The van der Waals surface area contributed by atoms with Gasteiger partial charge in [0, 0.05) is 13.6 Å². The summed E-state index contributed by atoms with van der Waals surface area (Å²) in [6.07, 6.45) is 2.04. The number of benzene rings is 1. The standard InChI is InChI=1S/C19H25Cl2N5O3/c1-6-9-29-24(5)18(27)15(7-2)22-16-11-17(14(21)10-13(16)20)26-19(28)25(8-3)12(4)23-26/h6,10-11,15,22H,1,7-9H2,2-5H3. The van der Waals surface area contributed by atoms with Gasteiger partial charge in [0.1, 0.15) is 11.9 Å². The lowest BCUT2D eigenvalue weighted by atomic mass is 10.2. The molecule has 0 radical (unpaired) electrons. The molecule has 0 aliphatic rings. The zero-order valence-electron chi connectivity index (χ0n) is 16.9. The van der Waals surface area contributed by atoms with Gasteiger partial charge in [-0.15, -0.1) is 6.58 Å². The van der Waals surface area contributed by atoms with E-state index in [0.29, 0.717) is 35.2 Å². The maximum atomic E-state index is 12.6. The van der Waals surface area contributed by atoms with Crippen molar-refractivity contribution in [3.8, 4) is 5.69 Å². The first-order valence-electron chi connectivity index (χ1n) is 9.18. The topological polar surface area (TPSA) is 81.4 Å². The average Bonchev–Trinajstić information content (AvgIpc) is 2.98. The summed E-state index contributed by atoms with van der Waals surface area (Å²) >= 11 is 12.7. The van der Waals surface area contributed by atoms with Crippen molar-refractivity contribution in [3.63, 3.8) is 0 Å². The lowest BCUT2D eigenvalue weighted by molar-refractivity contribution is -0.175. The van der Waals surface area contributed by atoms with Gasteiger partial charge in [0.05, 0.1) is 28.0 Å². The molecular weight excluding hydrogens is 417 g/mol. The van der Waals surface area contributed by atoms with Gasteiger partial charge in [-0.05, 0) is 32.4 Å². The molecule has 2 aromatic rings. The fourth-order valence-corrected chi connectivity index (χ4v) is 3.32. The van der Waals surface area contributed by atoms with Crippen LogP contribution in [-0.2, 0) is 16.2 Å². The van der Waals surface area contributed by atoms with Crippen LogP contribution in [0.4, 0.5) is 5.69 Å². The van der Waals surface area contributed by atoms with Gasteiger partial charge in [-0.2, -0.15) is 9.78 Å². The summed E-state index contributed by atoms with van der Waals surface area (Å²) < 4.78 is 2.76. The zero-order chi connectivity index (χ0) is 21.7. The predicted octanol–water partition coefficient (Wildman–Crippen LogP) is 3.44. The number of hydrogen-bond donors (Lipinski definition) is 1. The highest BCUT2D eigenvalue weighted by Crippen LogP contribution is 2.31. The Morgan fingerprint density at radius 3 is 2.62 bits per heavy atom. The lowest BCUT2D eigenvalue weighted by Crippen LogP contribution is -2.40. The van der Waals surface area contributed by atoms with E-state index in [-0.39, 0.29) is 23.2 Å². The molecule has 1 atom stereocenters. The minimum absolute atomic E-state index is 0.215. The number of hydrogen-bond acceptors (Lipinski definition) is 5. The number of carbonyl (C=O) groups excluding carboxylic acids is 1. The van der Waals surface area contributed by atoms with Crippen LogP contribution < -0.4 is 11.0 Å². The van der Waals surface area contributed by atoms with Crippen molar-refractivity contribution < 1.29 is 9.63 Å². The minimum atomic E-state index is -0.594. The van der Waals surface area contributed by atoms with Gasteiger partial charge in [-0.3, -0.25) is 14.2 Å². The third-order valence-electron chi connectivity index (χ3n) is 4.36. The van der Waals surface area contributed by atoms with E-state index in [1.165, 1.54) is 22.4 Å². The molecule has 0 saturated heterocycles. The van der Waals surface area contributed by atoms with E-state index in [0.717, 1.165) is 5.06 Å². The molecule has 0 aliphatic heterocycles. The van der Waals surface area contributed by atoms with E-state index >= 15 is 0 Å². The molecule has 29 heavy (non-hydrogen) atoms. The molecule has 1 aromatic heterocycles. The van der Waals surface area contributed by atoms with Gasteiger partial charge >= 0.3 is 5.69 Å². The molecule has 0 bridgehead atoms. The molecule has 0 saturated carbocycles. The van der Waals surface area contributed by atoms with Gasteiger partial charge in [0.25, 0.3) is 5.91 Å². The molecule has 1 amide bonds. The van der Waals surface area contributed by atoms with Gasteiger partial charge in [-0.25, -0.2) is 9.86 Å². The van der Waals surface area contributed by atoms with E-state index in [1.807, 2.05) is 13.8 Å². The normalized spacial score (nSPS) is 11.9. The van der Waals surface area contributed by atoms with E-state index in [9.17, 15) is 9.59 Å². The minimum Gasteiger partial charge on any atom is -0.372 e. The Kier molecular flexibility index (Phi) is 7.89. The second kappa shape index (κ2) is 9.96. The SMILES string of the molecule is C=CCON(C)C(=O)C(CC)Nc1cc(-n2nc(C)n(CC)c2=O)c(Cl)cc1Cl. The molecule has 0 spiro atoms. The number of nitrogens with one attached hydrogen (secondary N) is 1. The molecular formula is C19H25Cl2N5O3. The van der Waals surface area contributed by atoms with Gasteiger partial charge in [0.2, 0.25) is 0 Å². The van der Waals surface area contributed by atoms with Crippen molar-refractivity contribution in [2.24, 2.45) is 0 Å². The van der Waals surface area contributed by atoms with E-state index in [4.69, 9.17) is 28.0 Å². The number of aryl methyl sites for hydroxylation is 1. The van der Waals surface area contributed by atoms with Crippen LogP contribution in [0.3, 0.4) is 0 Å². The van der Waals surface area contributed by atoms with Crippen LogP contribution in [0.1, 0.15) is 26.1 Å². The second-order valence-corrected chi connectivity index (χ2v) is 7.11. The molecule has 1 aromatic carbocycles. The summed E-state index contributed by atoms with van der Waals surface area (Å²) in [7, 11) is 1.53. The Morgan fingerprint density at radius 2 is 2.07 bits per heavy atom. The zero-order valence-corrected chi connectivity index (χ0v) is 18.4. The number of hydroxylamine groups is 2. The van der Waals surface area contributed by atoms with Crippen LogP contribution in [0, 0.1) is 6.92 Å². The van der Waals surface area contributed by atoms with Crippen molar-refractivity contribution in [1.29, 1.82) is 0 Å². The van der Waals surface area contributed by atoms with Crippen LogP contribution in [0.25, 0.3) is 5.69 Å². The first-order valence-corrected chi connectivity index (χ1v) is 9.94. The molecule has 8 nitrogen and oxygen atoms in total. The molecule has 0 fully saturated rings. The van der Waals surface area contributed by atoms with E-state index < -0.39 is 6.04 Å². The number of amides is 1. The summed E-state index contributed by atoms with van der Waals surface area (Å²) in [5.41, 5.74) is 0.525. The molecule has 0 aliphatic carbocycles. The third kappa shape index (κ3) is 5.01. The fourth-order valence-electron chi connectivity index (χ4n) is 2.80. The van der Waals surface area contributed by atoms with Gasteiger partial charge in [0.15, 0.2) is 0 Å². The number of nitrogens with zero attached hydrogens (tertiary/aromatic N) is 4. The number of likely N-dealkylation sites (N-methyl/N-ethyl adjacent to an activating group) is 1. The van der Waals surface area contributed by atoms with Crippen molar-refractivity contribution in [2.45, 2.75) is 39.8 Å². The van der Waals surface area contributed by atoms with Crippen molar-refractivity contribution in [2.75, 3.05) is 19.0 Å². The van der Waals surface area contributed by atoms with Gasteiger partial charge in [-0.1, -0.05) is 36.2 Å². The van der Waals surface area contributed by atoms with Crippen LogP contribution >= 0.6 is 23.2 Å². The van der Waals surface area contributed by atoms with Crippen molar-refractivity contribution in [3.05, 3.63) is 51.1 Å². The quantitative estimate of drug-likeness (QED) is 0.476. The van der Waals surface area contributed by atoms with Crippen LogP contribution in [0.5, 0.6) is 0 Å². The van der Waals surface area contributed by atoms with Gasteiger partial charge < -0.3 is 5.32 Å². The summed E-state index contributed by atoms with van der Waals surface area (Å²) in [4.78, 5) is 30.5. The second-order valence-electron chi connectivity index (χ2n) is 6.29. The largest absolute Gasteiger partial charge is 0.372 e. The molecule has 2 rings (SSSR count). The molecule has 158 valence electrons. The number of aromatic nitrogens is 3.